The summed E-state index contributed by atoms with van der Waals surface area (Å²) in [6.07, 6.45) is -4.39. The monoisotopic (exact) mass is 217 g/mol. The molecule has 0 aliphatic carbocycles. The van der Waals surface area contributed by atoms with Gasteiger partial charge >= 0.3 is 6.18 Å². The van der Waals surface area contributed by atoms with Crippen LogP contribution in [0.2, 0.25) is 0 Å². The molecule has 0 atom stereocenters. The molecule has 0 saturated carbocycles. The second kappa shape index (κ2) is 4.82. The number of benzene rings is 1. The Bertz CT molecular complexity index is 321. The fraction of sp³-hybridized carbons (Fsp3) is 0.300. The largest absolute Gasteiger partial charge is 0.405 e. The average molecular weight is 217 g/mol. The van der Waals surface area contributed by atoms with E-state index >= 15 is 0 Å². The van der Waals surface area contributed by atoms with E-state index in [9.17, 15) is 18.0 Å². The van der Waals surface area contributed by atoms with Gasteiger partial charge in [-0.25, -0.2) is 0 Å². The highest BCUT2D eigenvalue weighted by molar-refractivity contribution is 5.78. The van der Waals surface area contributed by atoms with Crippen LogP contribution < -0.4 is 5.32 Å². The molecule has 1 N–H and O–H groups in total. The van der Waals surface area contributed by atoms with Crippen LogP contribution in [-0.2, 0) is 11.2 Å². The maximum absolute atomic E-state index is 11.7. The molecule has 0 aliphatic rings. The second-order valence-electron chi connectivity index (χ2n) is 3.05. The van der Waals surface area contributed by atoms with Crippen LogP contribution in [0.15, 0.2) is 30.3 Å². The maximum Gasteiger partial charge on any atom is 0.405 e. The standard InChI is InChI=1S/C10H10F3NO/c11-10(12,13)7-14-9(15)6-8-4-2-1-3-5-8/h1-5H,6-7H2,(H,14,15). The quantitative estimate of drug-likeness (QED) is 0.823. The highest BCUT2D eigenvalue weighted by Gasteiger charge is 2.27. The highest BCUT2D eigenvalue weighted by atomic mass is 19.4. The third-order valence-corrected chi connectivity index (χ3v) is 1.69. The van der Waals surface area contributed by atoms with Gasteiger partial charge in [0.15, 0.2) is 0 Å². The number of carbonyl (C=O) groups excluding carboxylic acids is 1. The van der Waals surface area contributed by atoms with Crippen molar-refractivity contribution in [2.45, 2.75) is 12.6 Å². The molecule has 0 heterocycles. The van der Waals surface area contributed by atoms with E-state index in [0.717, 1.165) is 0 Å². The van der Waals surface area contributed by atoms with Crippen molar-refractivity contribution in [3.05, 3.63) is 35.9 Å². The Morgan fingerprint density at radius 3 is 2.33 bits per heavy atom. The average Bonchev–Trinajstić information content (AvgIpc) is 2.15. The summed E-state index contributed by atoms with van der Waals surface area (Å²) < 4.78 is 35.2. The van der Waals surface area contributed by atoms with E-state index in [4.69, 9.17) is 0 Å². The Balaban J connectivity index is 2.38. The van der Waals surface area contributed by atoms with Gasteiger partial charge in [0.05, 0.1) is 6.42 Å². The van der Waals surface area contributed by atoms with Crippen molar-refractivity contribution in [3.8, 4) is 0 Å². The summed E-state index contributed by atoms with van der Waals surface area (Å²) in [5.74, 6) is -0.626. The van der Waals surface area contributed by atoms with Gasteiger partial charge < -0.3 is 5.32 Å². The lowest BCUT2D eigenvalue weighted by molar-refractivity contribution is -0.138. The van der Waals surface area contributed by atoms with Crippen molar-refractivity contribution in [2.75, 3.05) is 6.54 Å². The molecule has 0 fully saturated rings. The molecule has 5 heteroatoms. The van der Waals surface area contributed by atoms with E-state index in [0.29, 0.717) is 5.56 Å². The van der Waals surface area contributed by atoms with Gasteiger partial charge in [-0.1, -0.05) is 30.3 Å². The van der Waals surface area contributed by atoms with Crippen molar-refractivity contribution in [1.82, 2.24) is 5.32 Å². The summed E-state index contributed by atoms with van der Waals surface area (Å²) in [5.41, 5.74) is 0.692. The Morgan fingerprint density at radius 2 is 1.80 bits per heavy atom. The molecule has 1 aromatic rings. The lowest BCUT2D eigenvalue weighted by Gasteiger charge is -2.07. The first-order valence-electron chi connectivity index (χ1n) is 4.35. The first-order valence-corrected chi connectivity index (χ1v) is 4.35. The van der Waals surface area contributed by atoms with E-state index in [1.54, 1.807) is 30.3 Å². The van der Waals surface area contributed by atoms with Gasteiger partial charge in [-0.05, 0) is 5.56 Å². The van der Waals surface area contributed by atoms with Crippen molar-refractivity contribution in [3.63, 3.8) is 0 Å². The Kier molecular flexibility index (Phi) is 3.71. The molecular weight excluding hydrogens is 207 g/mol. The molecule has 2 nitrogen and oxygen atoms in total. The molecule has 1 rings (SSSR count). The lowest BCUT2D eigenvalue weighted by atomic mass is 10.1. The third kappa shape index (κ3) is 5.05. The Labute approximate surface area is 85.1 Å². The van der Waals surface area contributed by atoms with E-state index in [-0.39, 0.29) is 6.42 Å². The van der Waals surface area contributed by atoms with Gasteiger partial charge in [0, 0.05) is 0 Å². The topological polar surface area (TPSA) is 29.1 Å². The number of rotatable bonds is 3. The molecule has 82 valence electrons. The first-order chi connectivity index (χ1) is 6.97. The van der Waals surface area contributed by atoms with E-state index in [2.05, 4.69) is 0 Å². The zero-order valence-electron chi connectivity index (χ0n) is 7.84. The molecular formula is C10H10F3NO. The second-order valence-corrected chi connectivity index (χ2v) is 3.05. The van der Waals surface area contributed by atoms with Crippen LogP contribution in [-0.4, -0.2) is 18.6 Å². The normalized spacial score (nSPS) is 11.1. The molecule has 0 radical (unpaired) electrons. The zero-order chi connectivity index (χ0) is 11.3. The smallest absolute Gasteiger partial charge is 0.347 e. The summed E-state index contributed by atoms with van der Waals surface area (Å²) in [5, 5.41) is 1.81. The van der Waals surface area contributed by atoms with E-state index in [1.165, 1.54) is 0 Å². The molecule has 0 aromatic heterocycles. The SMILES string of the molecule is O=C(Cc1ccccc1)NCC(F)(F)F. The van der Waals surface area contributed by atoms with Crippen LogP contribution in [0.3, 0.4) is 0 Å². The molecule has 0 spiro atoms. The fourth-order valence-electron chi connectivity index (χ4n) is 1.04. The fourth-order valence-corrected chi connectivity index (χ4v) is 1.04. The van der Waals surface area contributed by atoms with E-state index < -0.39 is 18.6 Å². The van der Waals surface area contributed by atoms with Gasteiger partial charge in [-0.3, -0.25) is 4.79 Å². The van der Waals surface area contributed by atoms with Crippen LogP contribution in [0.1, 0.15) is 5.56 Å². The minimum Gasteiger partial charge on any atom is -0.347 e. The number of halogens is 3. The first kappa shape index (κ1) is 11.6. The molecule has 1 aromatic carbocycles. The van der Waals surface area contributed by atoms with Gasteiger partial charge in [0.25, 0.3) is 0 Å². The third-order valence-electron chi connectivity index (χ3n) is 1.69. The lowest BCUT2D eigenvalue weighted by Crippen LogP contribution is -2.34. The summed E-state index contributed by atoms with van der Waals surface area (Å²) in [4.78, 5) is 11.0. The van der Waals surface area contributed by atoms with Crippen LogP contribution in [0.5, 0.6) is 0 Å². The molecule has 1 amide bonds. The van der Waals surface area contributed by atoms with Gasteiger partial charge in [-0.15, -0.1) is 0 Å². The van der Waals surface area contributed by atoms with Crippen molar-refractivity contribution in [1.29, 1.82) is 0 Å². The molecule has 0 bridgehead atoms. The predicted molar refractivity (Wildman–Crippen MR) is 49.2 cm³/mol. The summed E-state index contributed by atoms with van der Waals surface area (Å²) in [7, 11) is 0. The minimum absolute atomic E-state index is 0.0308. The van der Waals surface area contributed by atoms with Crippen LogP contribution in [0, 0.1) is 0 Å². The van der Waals surface area contributed by atoms with Crippen molar-refractivity contribution >= 4 is 5.91 Å². The summed E-state index contributed by atoms with van der Waals surface area (Å²) in [6, 6.07) is 8.61. The number of alkyl halides is 3. The van der Waals surface area contributed by atoms with Crippen molar-refractivity contribution < 1.29 is 18.0 Å². The summed E-state index contributed by atoms with van der Waals surface area (Å²) in [6.45, 7) is -1.28. The number of hydrogen-bond donors (Lipinski definition) is 1. The van der Waals surface area contributed by atoms with E-state index in [1.807, 2.05) is 5.32 Å². The highest BCUT2D eigenvalue weighted by Crippen LogP contribution is 2.12. The molecule has 15 heavy (non-hydrogen) atoms. The summed E-state index contributed by atoms with van der Waals surface area (Å²) >= 11 is 0. The van der Waals surface area contributed by atoms with Crippen LogP contribution in [0.25, 0.3) is 0 Å². The van der Waals surface area contributed by atoms with Crippen LogP contribution >= 0.6 is 0 Å². The van der Waals surface area contributed by atoms with Gasteiger partial charge in [0.2, 0.25) is 5.91 Å². The van der Waals surface area contributed by atoms with Crippen molar-refractivity contribution in [2.24, 2.45) is 0 Å². The number of hydrogen-bond acceptors (Lipinski definition) is 1. The zero-order valence-corrected chi connectivity index (χ0v) is 7.84. The van der Waals surface area contributed by atoms with Gasteiger partial charge in [-0.2, -0.15) is 13.2 Å². The molecule has 0 unspecified atom stereocenters. The Hall–Kier alpha value is -1.52. The molecule has 0 saturated heterocycles. The number of amides is 1. The number of nitrogens with one attached hydrogen (secondary N) is 1. The maximum atomic E-state index is 11.7. The van der Waals surface area contributed by atoms with Gasteiger partial charge in [0.1, 0.15) is 6.54 Å². The minimum atomic E-state index is -4.35. The number of carbonyl (C=O) groups is 1. The Morgan fingerprint density at radius 1 is 1.20 bits per heavy atom. The predicted octanol–water partition coefficient (Wildman–Crippen LogP) is 1.91. The molecule has 0 aliphatic heterocycles. The van der Waals surface area contributed by atoms with Crippen LogP contribution in [0.4, 0.5) is 13.2 Å².